The number of hydrogen-bond acceptors (Lipinski definition) is 2. The maximum Gasteiger partial charge on any atom is 0.191 e. The smallest absolute Gasteiger partial charge is 0.191 e. The van der Waals surface area contributed by atoms with E-state index in [9.17, 15) is 0 Å². The lowest BCUT2D eigenvalue weighted by Crippen LogP contribution is -2.39. The number of rotatable bonds is 8. The molecule has 2 aromatic carbocycles. The van der Waals surface area contributed by atoms with Gasteiger partial charge in [-0.25, -0.2) is 4.98 Å². The molecular formula is C24H32IN5. The lowest BCUT2D eigenvalue weighted by molar-refractivity contribution is 0.630. The molecule has 0 aliphatic carbocycles. The van der Waals surface area contributed by atoms with E-state index in [0.29, 0.717) is 12.5 Å². The number of guanidine groups is 1. The summed E-state index contributed by atoms with van der Waals surface area (Å²) in [6, 6.07) is 19.2. The zero-order chi connectivity index (χ0) is 20.5. The van der Waals surface area contributed by atoms with Gasteiger partial charge in [0.05, 0.1) is 6.54 Å². The van der Waals surface area contributed by atoms with E-state index in [4.69, 9.17) is 0 Å². The Balaban J connectivity index is 0.00000320. The topological polar surface area (TPSA) is 54.2 Å². The number of aliphatic imine (C=N–C) groups is 1. The second-order valence-corrected chi connectivity index (χ2v) is 7.39. The fourth-order valence-electron chi connectivity index (χ4n) is 3.33. The van der Waals surface area contributed by atoms with E-state index in [1.807, 2.05) is 12.4 Å². The molecule has 0 radical (unpaired) electrons. The number of benzene rings is 2. The molecule has 3 rings (SSSR count). The van der Waals surface area contributed by atoms with Crippen molar-refractivity contribution in [2.75, 3.05) is 13.6 Å². The van der Waals surface area contributed by atoms with E-state index in [2.05, 4.69) is 93.6 Å². The van der Waals surface area contributed by atoms with Crippen molar-refractivity contribution in [3.05, 3.63) is 89.5 Å². The van der Waals surface area contributed by atoms with Gasteiger partial charge in [0, 0.05) is 32.5 Å². The summed E-state index contributed by atoms with van der Waals surface area (Å²) in [5.74, 6) is 2.21. The molecule has 1 atom stereocenters. The van der Waals surface area contributed by atoms with Crippen LogP contribution in [0.5, 0.6) is 0 Å². The Morgan fingerprint density at radius 1 is 1.10 bits per heavy atom. The van der Waals surface area contributed by atoms with Gasteiger partial charge in [0.25, 0.3) is 0 Å². The molecule has 1 unspecified atom stereocenters. The van der Waals surface area contributed by atoms with Gasteiger partial charge in [-0.3, -0.25) is 4.99 Å². The van der Waals surface area contributed by atoms with E-state index in [-0.39, 0.29) is 24.0 Å². The van der Waals surface area contributed by atoms with Crippen molar-refractivity contribution in [3.8, 4) is 0 Å². The van der Waals surface area contributed by atoms with E-state index >= 15 is 0 Å². The molecule has 5 nitrogen and oxygen atoms in total. The SMILES string of the molecule is CN=C(NCc1nccn1CCc1ccccc1)NCC(C)c1cccc(C)c1.I. The number of aryl methyl sites for hydroxylation is 3. The summed E-state index contributed by atoms with van der Waals surface area (Å²) in [4.78, 5) is 8.86. The van der Waals surface area contributed by atoms with Crippen molar-refractivity contribution in [1.82, 2.24) is 20.2 Å². The maximum absolute atomic E-state index is 4.50. The van der Waals surface area contributed by atoms with E-state index in [1.165, 1.54) is 16.7 Å². The predicted molar refractivity (Wildman–Crippen MR) is 136 cm³/mol. The van der Waals surface area contributed by atoms with Crippen LogP contribution < -0.4 is 10.6 Å². The van der Waals surface area contributed by atoms with Crippen LogP contribution in [0.15, 0.2) is 72.0 Å². The van der Waals surface area contributed by atoms with Gasteiger partial charge in [0.15, 0.2) is 5.96 Å². The number of hydrogen-bond donors (Lipinski definition) is 2. The van der Waals surface area contributed by atoms with Gasteiger partial charge in [-0.15, -0.1) is 24.0 Å². The molecule has 160 valence electrons. The Labute approximate surface area is 197 Å². The minimum Gasteiger partial charge on any atom is -0.356 e. The summed E-state index contributed by atoms with van der Waals surface area (Å²) >= 11 is 0. The fraction of sp³-hybridized carbons (Fsp3) is 0.333. The van der Waals surface area contributed by atoms with Crippen LogP contribution in [-0.2, 0) is 19.5 Å². The largest absolute Gasteiger partial charge is 0.356 e. The Morgan fingerprint density at radius 2 is 1.90 bits per heavy atom. The molecule has 3 aromatic rings. The summed E-state index contributed by atoms with van der Waals surface area (Å²) in [7, 11) is 1.80. The number of nitrogens with one attached hydrogen (secondary N) is 2. The summed E-state index contributed by atoms with van der Waals surface area (Å²) in [6.07, 6.45) is 4.89. The average molecular weight is 517 g/mol. The predicted octanol–water partition coefficient (Wildman–Crippen LogP) is 4.52. The summed E-state index contributed by atoms with van der Waals surface area (Å²) in [6.45, 7) is 6.73. The second-order valence-electron chi connectivity index (χ2n) is 7.39. The minimum absolute atomic E-state index is 0. The molecular weight excluding hydrogens is 485 g/mol. The zero-order valence-corrected chi connectivity index (χ0v) is 20.3. The van der Waals surface area contributed by atoms with Crippen LogP contribution in [0.2, 0.25) is 0 Å². The Hall–Kier alpha value is -2.35. The molecule has 0 spiro atoms. The van der Waals surface area contributed by atoms with Gasteiger partial charge in [-0.1, -0.05) is 67.1 Å². The van der Waals surface area contributed by atoms with Crippen LogP contribution in [0, 0.1) is 6.92 Å². The van der Waals surface area contributed by atoms with Crippen LogP contribution in [0.4, 0.5) is 0 Å². The first kappa shape index (κ1) is 23.9. The summed E-state index contributed by atoms with van der Waals surface area (Å²) < 4.78 is 2.20. The van der Waals surface area contributed by atoms with Crippen molar-refractivity contribution < 1.29 is 0 Å². The third-order valence-corrected chi connectivity index (χ3v) is 5.11. The fourth-order valence-corrected chi connectivity index (χ4v) is 3.33. The first-order valence-electron chi connectivity index (χ1n) is 10.2. The normalized spacial score (nSPS) is 12.2. The van der Waals surface area contributed by atoms with Crippen LogP contribution >= 0.6 is 24.0 Å². The number of imidazole rings is 1. The molecule has 0 amide bonds. The molecule has 6 heteroatoms. The van der Waals surface area contributed by atoms with Crippen molar-refractivity contribution in [3.63, 3.8) is 0 Å². The number of nitrogens with zero attached hydrogens (tertiary/aromatic N) is 3. The Morgan fingerprint density at radius 3 is 2.63 bits per heavy atom. The summed E-state index contributed by atoms with van der Waals surface area (Å²) in [5.41, 5.74) is 3.96. The lowest BCUT2D eigenvalue weighted by Gasteiger charge is -2.17. The highest BCUT2D eigenvalue weighted by atomic mass is 127. The third kappa shape index (κ3) is 7.16. The van der Waals surface area contributed by atoms with Crippen molar-refractivity contribution in [2.45, 2.75) is 39.3 Å². The van der Waals surface area contributed by atoms with Gasteiger partial charge < -0.3 is 15.2 Å². The van der Waals surface area contributed by atoms with Crippen molar-refractivity contribution in [1.29, 1.82) is 0 Å². The minimum atomic E-state index is 0. The van der Waals surface area contributed by atoms with Crippen LogP contribution in [-0.4, -0.2) is 29.1 Å². The van der Waals surface area contributed by atoms with E-state index in [0.717, 1.165) is 31.3 Å². The highest BCUT2D eigenvalue weighted by Crippen LogP contribution is 2.15. The quantitative estimate of drug-likeness (QED) is 0.263. The Kier molecular flexibility index (Phi) is 9.86. The molecule has 0 bridgehead atoms. The highest BCUT2D eigenvalue weighted by Gasteiger charge is 2.08. The maximum atomic E-state index is 4.50. The number of halogens is 1. The molecule has 0 aliphatic heterocycles. The molecule has 1 heterocycles. The van der Waals surface area contributed by atoms with Crippen LogP contribution in [0.25, 0.3) is 0 Å². The van der Waals surface area contributed by atoms with Gasteiger partial charge in [0.1, 0.15) is 5.82 Å². The van der Waals surface area contributed by atoms with E-state index < -0.39 is 0 Å². The zero-order valence-electron chi connectivity index (χ0n) is 18.0. The van der Waals surface area contributed by atoms with Crippen molar-refractivity contribution >= 4 is 29.9 Å². The molecule has 0 fully saturated rings. The molecule has 0 saturated heterocycles. The summed E-state index contributed by atoms with van der Waals surface area (Å²) in [5, 5.41) is 6.81. The molecule has 1 aromatic heterocycles. The standard InChI is InChI=1S/C24H31N5.HI/c1-19-8-7-11-22(16-19)20(2)17-27-24(25-3)28-18-23-26-13-15-29(23)14-12-21-9-5-4-6-10-21;/h4-11,13,15-16,20H,12,14,17-18H2,1-3H3,(H2,25,27,28);1H. The van der Waals surface area contributed by atoms with Crippen LogP contribution in [0.1, 0.15) is 35.4 Å². The van der Waals surface area contributed by atoms with Gasteiger partial charge in [-0.05, 0) is 30.4 Å². The lowest BCUT2D eigenvalue weighted by atomic mass is 9.99. The number of aromatic nitrogens is 2. The third-order valence-electron chi connectivity index (χ3n) is 5.11. The van der Waals surface area contributed by atoms with Crippen molar-refractivity contribution in [2.24, 2.45) is 4.99 Å². The average Bonchev–Trinajstić information content (AvgIpc) is 3.20. The highest BCUT2D eigenvalue weighted by molar-refractivity contribution is 14.0. The van der Waals surface area contributed by atoms with Gasteiger partial charge in [-0.2, -0.15) is 0 Å². The molecule has 30 heavy (non-hydrogen) atoms. The monoisotopic (exact) mass is 517 g/mol. The Bertz CT molecular complexity index is 920. The first-order chi connectivity index (χ1) is 14.2. The van der Waals surface area contributed by atoms with Gasteiger partial charge in [0.2, 0.25) is 0 Å². The first-order valence-corrected chi connectivity index (χ1v) is 10.2. The second kappa shape index (κ2) is 12.4. The molecule has 2 N–H and O–H groups in total. The molecule has 0 saturated carbocycles. The van der Waals surface area contributed by atoms with Gasteiger partial charge >= 0.3 is 0 Å². The van der Waals surface area contributed by atoms with E-state index in [1.54, 1.807) is 7.05 Å². The molecule has 0 aliphatic rings. The van der Waals surface area contributed by atoms with Crippen LogP contribution in [0.3, 0.4) is 0 Å².